The number of piperazine rings is 1. The third-order valence-corrected chi connectivity index (χ3v) is 7.60. The Balaban J connectivity index is 1.53. The van der Waals surface area contributed by atoms with Crippen molar-refractivity contribution in [2.45, 2.75) is 38.3 Å². The second kappa shape index (κ2) is 6.72. The topological polar surface area (TPSA) is 78.4 Å². The lowest BCUT2D eigenvalue weighted by molar-refractivity contribution is 0.391. The summed E-state index contributed by atoms with van der Waals surface area (Å²) >= 11 is 0. The number of nitrogens with one attached hydrogen (secondary N) is 1. The summed E-state index contributed by atoms with van der Waals surface area (Å²) in [6.07, 6.45) is 5.44. The van der Waals surface area contributed by atoms with E-state index in [-0.39, 0.29) is 23.6 Å². The van der Waals surface area contributed by atoms with E-state index in [0.29, 0.717) is 0 Å². The Morgan fingerprint density at radius 1 is 1.24 bits per heavy atom. The molecule has 0 aliphatic carbocycles. The number of fused-ring (bicyclic) bond motifs is 1. The molecule has 7 nitrogen and oxygen atoms in total. The summed E-state index contributed by atoms with van der Waals surface area (Å²) < 4.78 is 24.1. The molecular formula is C17H27N5O2S. The molecule has 3 aliphatic rings. The molecule has 3 saturated heterocycles. The number of nitrogens with zero attached hydrogens (tertiary/aromatic N) is 4. The molecule has 0 radical (unpaired) electrons. The number of hydrogen-bond acceptors (Lipinski definition) is 7. The van der Waals surface area contributed by atoms with Crippen molar-refractivity contribution in [1.29, 1.82) is 0 Å². The number of hydrogen-bond donors (Lipinski definition) is 1. The molecular weight excluding hydrogens is 338 g/mol. The Hall–Kier alpha value is -1.41. The summed E-state index contributed by atoms with van der Waals surface area (Å²) in [6, 6.07) is 1.90. The minimum absolute atomic E-state index is 0.0115. The van der Waals surface area contributed by atoms with Crippen molar-refractivity contribution in [2.24, 2.45) is 5.92 Å². The van der Waals surface area contributed by atoms with Gasteiger partial charge in [-0.25, -0.2) is 13.4 Å². The smallest absolute Gasteiger partial charge is 0.227 e. The monoisotopic (exact) mass is 365 g/mol. The molecule has 0 amide bonds. The molecule has 0 saturated carbocycles. The van der Waals surface area contributed by atoms with Gasteiger partial charge in [0, 0.05) is 38.4 Å². The molecule has 4 heterocycles. The fraction of sp³-hybridized carbons (Fsp3) is 0.765. The molecule has 0 spiro atoms. The average Bonchev–Trinajstić information content (AvgIpc) is 2.95. The maximum atomic E-state index is 12.0. The molecule has 4 rings (SSSR count). The van der Waals surface area contributed by atoms with Crippen molar-refractivity contribution in [3.63, 3.8) is 0 Å². The maximum absolute atomic E-state index is 12.0. The van der Waals surface area contributed by atoms with Crippen molar-refractivity contribution in [1.82, 2.24) is 15.3 Å². The molecule has 0 bridgehead atoms. The minimum atomic E-state index is -2.97. The van der Waals surface area contributed by atoms with E-state index < -0.39 is 9.84 Å². The van der Waals surface area contributed by atoms with Crippen LogP contribution in [0, 0.1) is 5.92 Å². The summed E-state index contributed by atoms with van der Waals surface area (Å²) in [6.45, 7) is 5.84. The Morgan fingerprint density at radius 2 is 2.04 bits per heavy atom. The van der Waals surface area contributed by atoms with Crippen LogP contribution >= 0.6 is 0 Å². The van der Waals surface area contributed by atoms with Gasteiger partial charge in [-0.2, -0.15) is 4.98 Å². The number of rotatable bonds is 3. The van der Waals surface area contributed by atoms with Crippen LogP contribution in [0.15, 0.2) is 12.3 Å². The van der Waals surface area contributed by atoms with E-state index in [1.807, 2.05) is 12.3 Å². The highest BCUT2D eigenvalue weighted by Gasteiger charge is 2.43. The highest BCUT2D eigenvalue weighted by molar-refractivity contribution is 7.91. The van der Waals surface area contributed by atoms with E-state index in [2.05, 4.69) is 27.0 Å². The van der Waals surface area contributed by atoms with Crippen LogP contribution in [-0.4, -0.2) is 68.2 Å². The third-order valence-electron chi connectivity index (χ3n) is 5.88. The van der Waals surface area contributed by atoms with Gasteiger partial charge in [-0.3, -0.25) is 0 Å². The lowest BCUT2D eigenvalue weighted by Gasteiger charge is -2.38. The predicted molar refractivity (Wildman–Crippen MR) is 98.8 cm³/mol. The van der Waals surface area contributed by atoms with Crippen molar-refractivity contribution < 1.29 is 8.42 Å². The molecule has 8 heteroatoms. The molecule has 25 heavy (non-hydrogen) atoms. The lowest BCUT2D eigenvalue weighted by Crippen LogP contribution is -2.57. The zero-order chi connectivity index (χ0) is 17.4. The summed E-state index contributed by atoms with van der Waals surface area (Å²) in [4.78, 5) is 13.7. The van der Waals surface area contributed by atoms with Crippen LogP contribution in [0.2, 0.25) is 0 Å². The normalized spacial score (nSPS) is 29.6. The van der Waals surface area contributed by atoms with Gasteiger partial charge in [0.05, 0.1) is 17.5 Å². The SMILES string of the molecule is CCC1CCN(c2nccc(N3CCN[C@@H]4CS(=O)(=O)C[C@@H]43)n2)CC1. The van der Waals surface area contributed by atoms with Crippen LogP contribution in [0.25, 0.3) is 0 Å². The Bertz CT molecular complexity index is 718. The molecule has 1 aromatic rings. The first-order valence-corrected chi connectivity index (χ1v) is 11.2. The highest BCUT2D eigenvalue weighted by Crippen LogP contribution is 2.28. The second-order valence-electron chi connectivity index (χ2n) is 7.45. The average molecular weight is 366 g/mol. The Morgan fingerprint density at radius 3 is 2.80 bits per heavy atom. The summed E-state index contributed by atoms with van der Waals surface area (Å²) in [5, 5.41) is 3.35. The third kappa shape index (κ3) is 3.46. The number of anilines is 2. The first kappa shape index (κ1) is 17.0. The number of sulfone groups is 1. The van der Waals surface area contributed by atoms with Crippen LogP contribution in [0.3, 0.4) is 0 Å². The van der Waals surface area contributed by atoms with Gasteiger partial charge in [0.2, 0.25) is 5.95 Å². The van der Waals surface area contributed by atoms with Crippen LogP contribution in [0.1, 0.15) is 26.2 Å². The molecule has 1 aromatic heterocycles. The van der Waals surface area contributed by atoms with Crippen molar-refractivity contribution >= 4 is 21.6 Å². The van der Waals surface area contributed by atoms with Crippen LogP contribution in [0.4, 0.5) is 11.8 Å². The largest absolute Gasteiger partial charge is 0.350 e. The van der Waals surface area contributed by atoms with Crippen molar-refractivity contribution in [2.75, 3.05) is 47.5 Å². The standard InChI is InChI=1S/C17H27N5O2S/c1-2-13-4-8-21(9-5-13)17-19-6-3-16(20-17)22-10-7-18-14-11-25(23,24)12-15(14)22/h3,6,13-15,18H,2,4-5,7-12H2,1H3/t14-,15+/m1/s1. The molecule has 1 N–H and O–H groups in total. The van der Waals surface area contributed by atoms with E-state index >= 15 is 0 Å². The van der Waals surface area contributed by atoms with E-state index in [1.165, 1.54) is 19.3 Å². The minimum Gasteiger partial charge on any atom is -0.350 e. The van der Waals surface area contributed by atoms with Crippen molar-refractivity contribution in [3.8, 4) is 0 Å². The van der Waals surface area contributed by atoms with Gasteiger partial charge < -0.3 is 15.1 Å². The van der Waals surface area contributed by atoms with Crippen LogP contribution < -0.4 is 15.1 Å². The van der Waals surface area contributed by atoms with Gasteiger partial charge in [0.25, 0.3) is 0 Å². The zero-order valence-corrected chi connectivity index (χ0v) is 15.6. The van der Waals surface area contributed by atoms with Crippen molar-refractivity contribution in [3.05, 3.63) is 12.3 Å². The quantitative estimate of drug-likeness (QED) is 0.844. The molecule has 2 atom stereocenters. The molecule has 0 aromatic carbocycles. The van der Waals surface area contributed by atoms with Gasteiger partial charge in [-0.15, -0.1) is 0 Å². The van der Waals surface area contributed by atoms with Gasteiger partial charge in [0.1, 0.15) is 5.82 Å². The number of aromatic nitrogens is 2. The fourth-order valence-corrected chi connectivity index (χ4v) is 6.30. The second-order valence-corrected chi connectivity index (χ2v) is 9.61. The van der Waals surface area contributed by atoms with Crippen LogP contribution in [-0.2, 0) is 9.84 Å². The van der Waals surface area contributed by atoms with Gasteiger partial charge in [0.15, 0.2) is 9.84 Å². The molecule has 138 valence electrons. The van der Waals surface area contributed by atoms with E-state index in [1.54, 1.807) is 0 Å². The highest BCUT2D eigenvalue weighted by atomic mass is 32.2. The predicted octanol–water partition coefficient (Wildman–Crippen LogP) is 0.678. The van der Waals surface area contributed by atoms with Gasteiger partial charge >= 0.3 is 0 Å². The summed E-state index contributed by atoms with van der Waals surface area (Å²) in [7, 11) is -2.97. The molecule has 0 unspecified atom stereocenters. The fourth-order valence-electron chi connectivity index (χ4n) is 4.34. The van der Waals surface area contributed by atoms with E-state index in [9.17, 15) is 8.42 Å². The van der Waals surface area contributed by atoms with E-state index in [0.717, 1.165) is 43.9 Å². The maximum Gasteiger partial charge on any atom is 0.227 e. The molecule has 3 fully saturated rings. The zero-order valence-electron chi connectivity index (χ0n) is 14.8. The molecule has 3 aliphatic heterocycles. The first-order valence-electron chi connectivity index (χ1n) is 9.34. The lowest BCUT2D eigenvalue weighted by atomic mass is 9.95. The Kier molecular flexibility index (Phi) is 4.58. The first-order chi connectivity index (χ1) is 12.1. The summed E-state index contributed by atoms with van der Waals surface area (Å²) in [5.74, 6) is 2.90. The van der Waals surface area contributed by atoms with Gasteiger partial charge in [-0.05, 0) is 24.8 Å². The van der Waals surface area contributed by atoms with Crippen LogP contribution in [0.5, 0.6) is 0 Å². The Labute approximate surface area is 149 Å². The summed E-state index contributed by atoms with van der Waals surface area (Å²) in [5.41, 5.74) is 0. The van der Waals surface area contributed by atoms with Gasteiger partial charge in [-0.1, -0.05) is 13.3 Å². The number of piperidine rings is 1. The van der Waals surface area contributed by atoms with E-state index in [4.69, 9.17) is 4.98 Å².